The Morgan fingerprint density at radius 2 is 1.25 bits per heavy atom. The predicted octanol–water partition coefficient (Wildman–Crippen LogP) is 0.773. The molecule has 0 bridgehead atoms. The van der Waals surface area contributed by atoms with E-state index in [0.717, 1.165) is 0 Å². The van der Waals surface area contributed by atoms with Crippen molar-refractivity contribution in [1.82, 2.24) is 0 Å². The Hall–Kier alpha value is 3.74. The van der Waals surface area contributed by atoms with Gasteiger partial charge in [-0.2, -0.15) is 0 Å². The van der Waals surface area contributed by atoms with Crippen LogP contribution in [0.1, 0.15) is 0 Å². The molecule has 0 fully saturated rings. The molecule has 0 aliphatic rings. The van der Waals surface area contributed by atoms with E-state index in [1.54, 1.807) is 0 Å². The molecule has 0 rings (SSSR count). The molecular weight excluding hydrogens is 455 g/mol. The minimum absolute atomic E-state index is 0. The Labute approximate surface area is 117 Å². The maximum Gasteiger partial charge on any atom is 0.0341 e. The summed E-state index contributed by atoms with van der Waals surface area (Å²) < 4.78 is 0. The van der Waals surface area contributed by atoms with Gasteiger partial charge in [0.15, 0.2) is 0 Å². The van der Waals surface area contributed by atoms with Crippen LogP contribution in [0, 0.1) is 0 Å². The predicted molar refractivity (Wildman–Crippen MR) is 26.3 cm³/mol. The minimum Gasteiger partial charge on any atom is -0.0341 e. The SMILES string of the molecule is ClBr.[Cs].[Pb]. The molecule has 0 aliphatic carbocycles. The van der Waals surface area contributed by atoms with Crippen molar-refractivity contribution in [3.8, 4) is 0 Å². The number of hydrogen-bond donors (Lipinski definition) is 0. The van der Waals surface area contributed by atoms with Crippen LogP contribution in [-0.4, -0.2) is 96.2 Å². The van der Waals surface area contributed by atoms with Gasteiger partial charge >= 0.3 is 0 Å². The zero-order chi connectivity index (χ0) is 2.00. The zero-order valence-corrected chi connectivity index (χ0v) is 14.8. The summed E-state index contributed by atoms with van der Waals surface area (Å²) in [5.41, 5.74) is 0. The van der Waals surface area contributed by atoms with Crippen molar-refractivity contribution >= 4 is 121 Å². The Morgan fingerprint density at radius 3 is 1.25 bits per heavy atom. The van der Waals surface area contributed by atoms with Crippen molar-refractivity contribution in [2.45, 2.75) is 0 Å². The first-order valence-electron chi connectivity index (χ1n) is 0.143. The van der Waals surface area contributed by atoms with E-state index in [1.807, 2.05) is 0 Å². The molecule has 5 radical (unpaired) electrons. The van der Waals surface area contributed by atoms with Crippen LogP contribution in [0.15, 0.2) is 0 Å². The van der Waals surface area contributed by atoms with E-state index in [9.17, 15) is 0 Å². The van der Waals surface area contributed by atoms with Gasteiger partial charge < -0.3 is 0 Å². The first-order chi connectivity index (χ1) is 1.00. The fourth-order valence-corrected chi connectivity index (χ4v) is 0. The molecule has 0 spiro atoms. The maximum absolute atomic E-state index is 4.45. The van der Waals surface area contributed by atoms with Crippen LogP contribution >= 0.6 is 25.1 Å². The van der Waals surface area contributed by atoms with E-state index in [-0.39, 0.29) is 96.2 Å². The molecule has 4 heavy (non-hydrogen) atoms. The standard InChI is InChI=1S/BrCl.Cs.Pb/c1-2;;. The zero-order valence-electron chi connectivity index (χ0n) is 2.26. The molecule has 0 atom stereocenters. The Balaban J connectivity index is -0.00000000500. The van der Waals surface area contributed by atoms with Crippen molar-refractivity contribution < 1.29 is 0 Å². The van der Waals surface area contributed by atoms with Crippen LogP contribution in [0.25, 0.3) is 0 Å². The van der Waals surface area contributed by atoms with Crippen LogP contribution in [0.4, 0.5) is 0 Å². The molecule has 0 amide bonds. The fourth-order valence-electron chi connectivity index (χ4n) is 0. The molecule has 0 heterocycles. The summed E-state index contributed by atoms with van der Waals surface area (Å²) in [6.07, 6.45) is 0. The van der Waals surface area contributed by atoms with Crippen LogP contribution in [0.5, 0.6) is 0 Å². The second-order valence-corrected chi connectivity index (χ2v) is 0. The average Bonchev–Trinajstić information content (AvgIpc) is 1.00. The van der Waals surface area contributed by atoms with Gasteiger partial charge in [-0.05, 0) is 10.1 Å². The van der Waals surface area contributed by atoms with Gasteiger partial charge in [0.05, 0.1) is 0 Å². The number of hydrogen-bond acceptors (Lipinski definition) is 0. The minimum atomic E-state index is 0. The third kappa shape index (κ3) is 9.22. The fraction of sp³-hybridized carbons (Fsp3) is 0. The van der Waals surface area contributed by atoms with Gasteiger partial charge in [-0.1, -0.05) is 0 Å². The van der Waals surface area contributed by atoms with E-state index in [0.29, 0.717) is 0 Å². The summed E-state index contributed by atoms with van der Waals surface area (Å²) in [6, 6.07) is 0. The van der Waals surface area contributed by atoms with Crippen LogP contribution in [0.3, 0.4) is 0 Å². The third-order valence-corrected chi connectivity index (χ3v) is 0. The Kier molecular flexibility index (Phi) is 62.1. The molecule has 0 aromatic carbocycles. The normalized spacial score (nSPS) is 1.50. The molecule has 0 aliphatic heterocycles. The van der Waals surface area contributed by atoms with Gasteiger partial charge in [0.2, 0.25) is 0 Å². The van der Waals surface area contributed by atoms with E-state index >= 15 is 0 Å². The van der Waals surface area contributed by atoms with Crippen molar-refractivity contribution in [2.24, 2.45) is 0 Å². The number of rotatable bonds is 0. The largest absolute Gasteiger partial charge is 0.0341 e. The monoisotopic (exact) mass is 455 g/mol. The van der Waals surface area contributed by atoms with Crippen molar-refractivity contribution in [1.29, 1.82) is 0 Å². The van der Waals surface area contributed by atoms with Crippen molar-refractivity contribution in [3.63, 3.8) is 0 Å². The average molecular weight is 455 g/mol. The van der Waals surface area contributed by atoms with Gasteiger partial charge in [-0.3, -0.25) is 0 Å². The first-order valence-corrected chi connectivity index (χ1v) is 2.23. The third-order valence-electron chi connectivity index (χ3n) is 0. The van der Waals surface area contributed by atoms with E-state index in [1.165, 1.54) is 0 Å². The van der Waals surface area contributed by atoms with E-state index in [2.05, 4.69) is 25.1 Å². The summed E-state index contributed by atoms with van der Waals surface area (Å²) in [6.45, 7) is 0. The van der Waals surface area contributed by atoms with Crippen molar-refractivity contribution in [3.05, 3.63) is 0 Å². The van der Waals surface area contributed by atoms with E-state index in [4.69, 9.17) is 0 Å². The maximum atomic E-state index is 4.45. The molecule has 4 heteroatoms. The smallest absolute Gasteiger partial charge is 0.0341 e. The summed E-state index contributed by atoms with van der Waals surface area (Å²) in [5, 5.41) is 0. The summed E-state index contributed by atoms with van der Waals surface area (Å²) in [4.78, 5) is 0. The summed E-state index contributed by atoms with van der Waals surface area (Å²) in [5.74, 6) is 0. The van der Waals surface area contributed by atoms with Gasteiger partial charge in [-0.25, -0.2) is 0 Å². The molecule has 0 saturated carbocycles. The summed E-state index contributed by atoms with van der Waals surface area (Å²) in [7, 11) is 4.45. The van der Waals surface area contributed by atoms with Gasteiger partial charge in [0.1, 0.15) is 0 Å². The van der Waals surface area contributed by atoms with Gasteiger partial charge in [0.25, 0.3) is 0 Å². The van der Waals surface area contributed by atoms with Crippen LogP contribution < -0.4 is 0 Å². The first kappa shape index (κ1) is 15.6. The second-order valence-electron chi connectivity index (χ2n) is 0. The Bertz CT molecular complexity index is 8.00. The molecule has 0 unspecified atom stereocenters. The molecule has 0 aromatic rings. The molecule has 19 valence electrons. The van der Waals surface area contributed by atoms with Crippen molar-refractivity contribution in [2.75, 3.05) is 0 Å². The quantitative estimate of drug-likeness (QED) is 0.474. The van der Waals surface area contributed by atoms with Gasteiger partial charge in [0, 0.05) is 111 Å². The molecule has 0 nitrogen and oxygen atoms in total. The number of halogens is 2. The van der Waals surface area contributed by atoms with Crippen LogP contribution in [0.2, 0.25) is 0 Å². The van der Waals surface area contributed by atoms with Gasteiger partial charge in [-0.15, -0.1) is 0 Å². The molecule has 0 N–H and O–H groups in total. The van der Waals surface area contributed by atoms with E-state index < -0.39 is 0 Å². The second kappa shape index (κ2) is 15.9. The van der Waals surface area contributed by atoms with Crippen LogP contribution in [-0.2, 0) is 0 Å². The molecule has 0 saturated heterocycles. The summed E-state index contributed by atoms with van der Waals surface area (Å²) >= 11 is 2.41. The molecule has 0 aromatic heterocycles. The Morgan fingerprint density at radius 1 is 1.25 bits per heavy atom. The molecular formula is BrClCsPb. The topological polar surface area (TPSA) is 0 Å².